The van der Waals surface area contributed by atoms with E-state index in [0.717, 1.165) is 5.56 Å². The summed E-state index contributed by atoms with van der Waals surface area (Å²) in [5.74, 6) is 0.368. The van der Waals surface area contributed by atoms with Gasteiger partial charge in [0.1, 0.15) is 28.8 Å². The van der Waals surface area contributed by atoms with Gasteiger partial charge >= 0.3 is 0 Å². The molecular weight excluding hydrogens is 530 g/mol. The van der Waals surface area contributed by atoms with Crippen molar-refractivity contribution in [1.82, 2.24) is 19.2 Å². The molecule has 0 saturated carbocycles. The number of hydrogen-bond donors (Lipinski definition) is 0. The van der Waals surface area contributed by atoms with Crippen molar-refractivity contribution >= 4 is 34.8 Å². The molecule has 1 aliphatic heterocycles. The van der Waals surface area contributed by atoms with Crippen LogP contribution in [0, 0.1) is 12.7 Å². The molecule has 2 aromatic heterocycles. The maximum atomic E-state index is 14.4. The molecule has 1 aliphatic rings. The number of imidazole rings is 1. The van der Waals surface area contributed by atoms with Crippen LogP contribution < -0.4 is 9.47 Å². The summed E-state index contributed by atoms with van der Waals surface area (Å²) in [5, 5.41) is 0.713. The molecule has 2 aromatic carbocycles. The van der Waals surface area contributed by atoms with Crippen LogP contribution in [0.15, 0.2) is 48.5 Å². The number of methoxy groups -OCH3 is 1. The second-order valence-electron chi connectivity index (χ2n) is 9.44. The van der Waals surface area contributed by atoms with Crippen LogP contribution in [0.1, 0.15) is 27.7 Å². The first kappa shape index (κ1) is 26.3. The molecule has 10 heteroatoms. The average Bonchev–Trinajstić information content (AvgIpc) is 3.50. The van der Waals surface area contributed by atoms with Crippen molar-refractivity contribution in [3.05, 3.63) is 81.2 Å². The van der Waals surface area contributed by atoms with Crippen LogP contribution in [-0.4, -0.2) is 66.0 Å². The van der Waals surface area contributed by atoms with E-state index in [0.29, 0.717) is 57.2 Å². The Balaban J connectivity index is 1.69. The Morgan fingerprint density at radius 1 is 1.18 bits per heavy atom. The number of carbonyl (C=O) groups is 1. The van der Waals surface area contributed by atoms with Crippen molar-refractivity contribution in [2.75, 3.05) is 40.9 Å². The van der Waals surface area contributed by atoms with E-state index in [2.05, 4.69) is 0 Å². The smallest absolute Gasteiger partial charge is 0.275 e. The van der Waals surface area contributed by atoms with Gasteiger partial charge in [-0.15, -0.1) is 0 Å². The average molecular weight is 557 g/mol. The van der Waals surface area contributed by atoms with Gasteiger partial charge in [0.15, 0.2) is 11.6 Å². The summed E-state index contributed by atoms with van der Waals surface area (Å²) >= 11 is 12.6. The minimum atomic E-state index is -0.401. The highest BCUT2D eigenvalue weighted by molar-refractivity contribution is 6.43. The molecule has 1 atom stereocenters. The van der Waals surface area contributed by atoms with Crippen LogP contribution in [0.2, 0.25) is 10.0 Å². The third-order valence-corrected chi connectivity index (χ3v) is 7.49. The van der Waals surface area contributed by atoms with E-state index in [1.54, 1.807) is 53.7 Å². The van der Waals surface area contributed by atoms with Gasteiger partial charge in [-0.05, 0) is 63.0 Å². The minimum absolute atomic E-state index is 0.229. The van der Waals surface area contributed by atoms with Gasteiger partial charge in [-0.25, -0.2) is 9.37 Å². The van der Waals surface area contributed by atoms with Gasteiger partial charge < -0.3 is 19.3 Å². The Labute approximate surface area is 230 Å². The summed E-state index contributed by atoms with van der Waals surface area (Å²) in [5.41, 5.74) is 3.18. The van der Waals surface area contributed by atoms with Gasteiger partial charge in [-0.1, -0.05) is 35.3 Å². The van der Waals surface area contributed by atoms with E-state index in [-0.39, 0.29) is 24.0 Å². The normalized spacial score (nSPS) is 14.6. The number of aryl methyl sites for hydroxylation is 1. The standard InChI is InChI=1S/C28H27Cl2FN4O3/c1-16-14-17(8-11-20(16)31)26-25(32-22-6-5-7-23(37-4)35(22)26)28(36)34(13-12-33(2)3)21-15-38-27-18(21)9-10-19(29)24(27)30/h5-11,14,21H,12-13,15H2,1-4H3/t21-/m1/s1. The van der Waals surface area contributed by atoms with Crippen LogP contribution in [0.5, 0.6) is 11.6 Å². The molecule has 0 bridgehead atoms. The zero-order valence-corrected chi connectivity index (χ0v) is 23.0. The van der Waals surface area contributed by atoms with Crippen LogP contribution in [0.25, 0.3) is 16.9 Å². The lowest BCUT2D eigenvalue weighted by molar-refractivity contribution is 0.0630. The Bertz CT molecular complexity index is 1540. The highest BCUT2D eigenvalue weighted by Crippen LogP contribution is 2.45. The van der Waals surface area contributed by atoms with Gasteiger partial charge in [0.05, 0.1) is 23.9 Å². The van der Waals surface area contributed by atoms with Crippen molar-refractivity contribution in [2.45, 2.75) is 13.0 Å². The number of aromatic nitrogens is 2. The number of pyridine rings is 1. The molecule has 5 rings (SSSR count). The SMILES string of the molecule is COc1cccc2nc(C(=O)N(CCN(C)C)[C@@H]3COc4c3ccc(Cl)c4Cl)c(-c3ccc(F)c(C)c3)n12. The molecule has 4 aromatic rings. The fourth-order valence-electron chi connectivity index (χ4n) is 4.74. The number of carbonyl (C=O) groups excluding carboxylic acids is 1. The number of fused-ring (bicyclic) bond motifs is 2. The Kier molecular flexibility index (Phi) is 7.22. The third-order valence-electron chi connectivity index (χ3n) is 6.70. The number of likely N-dealkylation sites (N-methyl/N-ethyl adjacent to an activating group) is 1. The van der Waals surface area contributed by atoms with E-state index >= 15 is 0 Å². The molecule has 0 radical (unpaired) electrons. The molecule has 0 saturated heterocycles. The predicted molar refractivity (Wildman–Crippen MR) is 146 cm³/mol. The first-order valence-corrected chi connectivity index (χ1v) is 12.8. The van der Waals surface area contributed by atoms with E-state index in [4.69, 9.17) is 37.7 Å². The van der Waals surface area contributed by atoms with Crippen molar-refractivity contribution < 1.29 is 18.7 Å². The molecule has 0 N–H and O–H groups in total. The van der Waals surface area contributed by atoms with E-state index in [9.17, 15) is 9.18 Å². The number of ether oxygens (including phenoxy) is 2. The van der Waals surface area contributed by atoms with Gasteiger partial charge in [0.25, 0.3) is 5.91 Å². The van der Waals surface area contributed by atoms with Crippen molar-refractivity contribution in [3.8, 4) is 22.9 Å². The fourth-order valence-corrected chi connectivity index (χ4v) is 5.11. The maximum absolute atomic E-state index is 14.4. The highest BCUT2D eigenvalue weighted by Gasteiger charge is 2.37. The summed E-state index contributed by atoms with van der Waals surface area (Å²) in [6, 6.07) is 13.3. The number of halogens is 3. The zero-order valence-electron chi connectivity index (χ0n) is 21.5. The number of amides is 1. The van der Waals surface area contributed by atoms with E-state index in [1.807, 2.05) is 31.1 Å². The van der Waals surface area contributed by atoms with Crippen molar-refractivity contribution in [1.29, 1.82) is 0 Å². The largest absolute Gasteiger partial charge is 0.489 e. The van der Waals surface area contributed by atoms with Crippen LogP contribution in [0.3, 0.4) is 0 Å². The Hall–Kier alpha value is -3.33. The quantitative estimate of drug-likeness (QED) is 0.283. The van der Waals surface area contributed by atoms with Gasteiger partial charge in [-0.3, -0.25) is 9.20 Å². The van der Waals surface area contributed by atoms with Crippen LogP contribution in [-0.2, 0) is 0 Å². The summed E-state index contributed by atoms with van der Waals surface area (Å²) in [4.78, 5) is 22.9. The molecule has 3 heterocycles. The molecule has 0 spiro atoms. The molecule has 1 amide bonds. The lowest BCUT2D eigenvalue weighted by atomic mass is 10.0. The summed E-state index contributed by atoms with van der Waals surface area (Å²) < 4.78 is 27.5. The molecule has 38 heavy (non-hydrogen) atoms. The third kappa shape index (κ3) is 4.57. The first-order chi connectivity index (χ1) is 18.2. The topological polar surface area (TPSA) is 59.3 Å². The highest BCUT2D eigenvalue weighted by atomic mass is 35.5. The molecule has 198 valence electrons. The Morgan fingerprint density at radius 2 is 1.97 bits per heavy atom. The predicted octanol–water partition coefficient (Wildman–Crippen LogP) is 5.90. The van der Waals surface area contributed by atoms with Crippen molar-refractivity contribution in [3.63, 3.8) is 0 Å². The second kappa shape index (κ2) is 10.4. The maximum Gasteiger partial charge on any atom is 0.275 e. The van der Waals surface area contributed by atoms with Crippen molar-refractivity contribution in [2.24, 2.45) is 0 Å². The summed E-state index contributed by atoms with van der Waals surface area (Å²) in [6.07, 6.45) is 0. The molecule has 7 nitrogen and oxygen atoms in total. The minimum Gasteiger partial charge on any atom is -0.489 e. The molecule has 0 fully saturated rings. The second-order valence-corrected chi connectivity index (χ2v) is 10.2. The number of rotatable bonds is 7. The van der Waals surface area contributed by atoms with Crippen LogP contribution in [0.4, 0.5) is 4.39 Å². The van der Waals surface area contributed by atoms with E-state index in [1.165, 1.54) is 6.07 Å². The lowest BCUT2D eigenvalue weighted by Gasteiger charge is -2.29. The summed E-state index contributed by atoms with van der Waals surface area (Å²) in [7, 11) is 5.45. The monoisotopic (exact) mass is 556 g/mol. The van der Waals surface area contributed by atoms with Gasteiger partial charge in [-0.2, -0.15) is 0 Å². The number of nitrogens with zero attached hydrogens (tertiary/aromatic N) is 4. The number of benzene rings is 2. The zero-order chi connectivity index (χ0) is 27.1. The van der Waals surface area contributed by atoms with Crippen LogP contribution >= 0.6 is 23.2 Å². The molecular formula is C28H27Cl2FN4O3. The lowest BCUT2D eigenvalue weighted by Crippen LogP contribution is -2.40. The van der Waals surface area contributed by atoms with Gasteiger partial charge in [0, 0.05) is 24.2 Å². The fraction of sp³-hybridized carbons (Fsp3) is 0.286. The van der Waals surface area contributed by atoms with Gasteiger partial charge in [0.2, 0.25) is 0 Å². The summed E-state index contributed by atoms with van der Waals surface area (Å²) in [6.45, 7) is 2.94. The molecule has 0 unspecified atom stereocenters. The number of hydrogen-bond acceptors (Lipinski definition) is 5. The first-order valence-electron chi connectivity index (χ1n) is 12.1. The Morgan fingerprint density at radius 3 is 2.68 bits per heavy atom. The van der Waals surface area contributed by atoms with E-state index < -0.39 is 6.04 Å². The molecule has 0 aliphatic carbocycles.